The minimum Gasteiger partial charge on any atom is -0.399 e. The Kier molecular flexibility index (Phi) is 4.52. The highest BCUT2D eigenvalue weighted by molar-refractivity contribution is 6.32. The summed E-state index contributed by atoms with van der Waals surface area (Å²) >= 11 is 6.28. The number of rotatable bonds is 4. The number of hydrogen-bond donors (Lipinski definition) is 2. The molecule has 0 aliphatic heterocycles. The van der Waals surface area contributed by atoms with E-state index in [0.29, 0.717) is 5.02 Å². The highest BCUT2D eigenvalue weighted by Crippen LogP contribution is 2.37. The molecule has 0 saturated heterocycles. The maximum absolute atomic E-state index is 6.28. The van der Waals surface area contributed by atoms with Gasteiger partial charge in [0.1, 0.15) is 12.9 Å². The molecule has 0 fully saturated rings. The van der Waals surface area contributed by atoms with Crippen molar-refractivity contribution in [2.75, 3.05) is 12.4 Å². The molecular formula is C24H19ClN4O. The van der Waals surface area contributed by atoms with Crippen molar-refractivity contribution in [2.45, 2.75) is 6.92 Å². The molecule has 0 bridgehead atoms. The smallest absolute Gasteiger partial charge is 0.141 e. The fourth-order valence-electron chi connectivity index (χ4n) is 3.81. The Morgan fingerprint density at radius 1 is 1.03 bits per heavy atom. The molecule has 0 atom stereocenters. The lowest BCUT2D eigenvalue weighted by Crippen LogP contribution is -1.99. The summed E-state index contributed by atoms with van der Waals surface area (Å²) in [6, 6.07) is 22.0. The predicted octanol–water partition coefficient (Wildman–Crippen LogP) is 6.64. The van der Waals surface area contributed by atoms with Gasteiger partial charge in [-0.2, -0.15) is 0 Å². The van der Waals surface area contributed by atoms with E-state index in [4.69, 9.17) is 21.4 Å². The van der Waals surface area contributed by atoms with E-state index >= 15 is 0 Å². The van der Waals surface area contributed by atoms with E-state index in [2.05, 4.69) is 27.6 Å². The van der Waals surface area contributed by atoms with Gasteiger partial charge in [0.05, 0.1) is 22.1 Å². The second kappa shape index (κ2) is 7.35. The highest BCUT2D eigenvalue weighted by Gasteiger charge is 2.15. The Bertz CT molecular complexity index is 1440. The number of oxime groups is 1. The van der Waals surface area contributed by atoms with Crippen LogP contribution in [-0.2, 0) is 4.84 Å². The summed E-state index contributed by atoms with van der Waals surface area (Å²) < 4.78 is 0. The quantitative estimate of drug-likeness (QED) is 0.256. The molecule has 0 radical (unpaired) electrons. The van der Waals surface area contributed by atoms with E-state index in [0.717, 1.165) is 55.5 Å². The normalized spacial score (nSPS) is 12.0. The van der Waals surface area contributed by atoms with E-state index in [9.17, 15) is 0 Å². The lowest BCUT2D eigenvalue weighted by atomic mass is 10.1. The number of halogens is 1. The Morgan fingerprint density at radius 2 is 1.90 bits per heavy atom. The molecular weight excluding hydrogens is 396 g/mol. The van der Waals surface area contributed by atoms with Crippen molar-refractivity contribution in [3.63, 3.8) is 0 Å². The lowest BCUT2D eigenvalue weighted by Gasteiger charge is -2.11. The zero-order chi connectivity index (χ0) is 20.7. The van der Waals surface area contributed by atoms with Gasteiger partial charge < -0.3 is 15.1 Å². The summed E-state index contributed by atoms with van der Waals surface area (Å²) in [6.45, 7) is 1.92. The summed E-state index contributed by atoms with van der Waals surface area (Å²) in [5, 5.41) is 11.4. The van der Waals surface area contributed by atoms with Crippen molar-refractivity contribution >= 4 is 61.5 Å². The van der Waals surface area contributed by atoms with Crippen LogP contribution in [0.15, 0.2) is 71.9 Å². The largest absolute Gasteiger partial charge is 0.399 e. The molecule has 148 valence electrons. The second-order valence-electron chi connectivity index (χ2n) is 7.11. The van der Waals surface area contributed by atoms with Crippen LogP contribution in [0.4, 0.5) is 11.5 Å². The van der Waals surface area contributed by atoms with Crippen LogP contribution < -0.4 is 5.32 Å². The van der Waals surface area contributed by atoms with Gasteiger partial charge in [0.25, 0.3) is 0 Å². The van der Waals surface area contributed by atoms with Gasteiger partial charge in [0, 0.05) is 32.6 Å². The van der Waals surface area contributed by atoms with Crippen molar-refractivity contribution < 1.29 is 4.84 Å². The van der Waals surface area contributed by atoms with Crippen molar-refractivity contribution in [2.24, 2.45) is 5.16 Å². The molecule has 0 aliphatic rings. The molecule has 2 N–H and O–H groups in total. The number of aromatic nitrogens is 2. The molecule has 3 aromatic carbocycles. The molecule has 30 heavy (non-hydrogen) atoms. The van der Waals surface area contributed by atoms with Crippen LogP contribution >= 0.6 is 11.6 Å². The fourth-order valence-corrected chi connectivity index (χ4v) is 3.98. The van der Waals surface area contributed by atoms with Gasteiger partial charge in [-0.15, -0.1) is 0 Å². The number of nitrogens with zero attached hydrogens (tertiary/aromatic N) is 2. The van der Waals surface area contributed by atoms with Crippen LogP contribution in [0.1, 0.15) is 12.5 Å². The third-order valence-corrected chi connectivity index (χ3v) is 5.41. The van der Waals surface area contributed by atoms with Gasteiger partial charge >= 0.3 is 0 Å². The molecule has 6 heteroatoms. The first-order valence-corrected chi connectivity index (χ1v) is 9.97. The van der Waals surface area contributed by atoms with Gasteiger partial charge in [-0.3, -0.25) is 0 Å². The Morgan fingerprint density at radius 3 is 2.77 bits per heavy atom. The first-order valence-electron chi connectivity index (χ1n) is 9.59. The minimum absolute atomic E-state index is 0.686. The van der Waals surface area contributed by atoms with Crippen LogP contribution in [0.3, 0.4) is 0 Å². The molecule has 5 nitrogen and oxygen atoms in total. The average molecular weight is 415 g/mol. The van der Waals surface area contributed by atoms with E-state index < -0.39 is 0 Å². The number of benzene rings is 3. The summed E-state index contributed by atoms with van der Waals surface area (Å²) in [5.41, 5.74) is 5.64. The topological polar surface area (TPSA) is 62.3 Å². The predicted molar refractivity (Wildman–Crippen MR) is 125 cm³/mol. The van der Waals surface area contributed by atoms with Gasteiger partial charge in [-0.25, -0.2) is 4.98 Å². The number of para-hydroxylation sites is 1. The van der Waals surface area contributed by atoms with E-state index in [1.165, 1.54) is 0 Å². The maximum atomic E-state index is 6.28. The summed E-state index contributed by atoms with van der Waals surface area (Å²) in [7, 11) is 1.55. The molecule has 0 amide bonds. The SMILES string of the molecule is CO/N=C(\C)c1cccc(Nc2nc3ccc(Cl)cc3c3[nH]c4ccccc4c23)c1. The van der Waals surface area contributed by atoms with Crippen LogP contribution in [0.25, 0.3) is 32.7 Å². The van der Waals surface area contributed by atoms with Crippen molar-refractivity contribution in [3.8, 4) is 0 Å². The monoisotopic (exact) mass is 414 g/mol. The van der Waals surface area contributed by atoms with Gasteiger partial charge in [0.2, 0.25) is 0 Å². The van der Waals surface area contributed by atoms with Gasteiger partial charge in [-0.1, -0.05) is 47.1 Å². The van der Waals surface area contributed by atoms with Crippen molar-refractivity contribution in [3.05, 3.63) is 77.3 Å². The number of fused-ring (bicyclic) bond motifs is 5. The third kappa shape index (κ3) is 3.13. The van der Waals surface area contributed by atoms with Crippen LogP contribution in [0.2, 0.25) is 5.02 Å². The number of anilines is 2. The number of pyridine rings is 1. The third-order valence-electron chi connectivity index (χ3n) is 5.17. The molecule has 2 heterocycles. The Hall–Kier alpha value is -3.57. The molecule has 5 rings (SSSR count). The van der Waals surface area contributed by atoms with Crippen molar-refractivity contribution in [1.82, 2.24) is 9.97 Å². The molecule has 0 unspecified atom stereocenters. The summed E-state index contributed by atoms with van der Waals surface area (Å²) in [5.74, 6) is 0.788. The number of H-pyrrole nitrogens is 1. The lowest BCUT2D eigenvalue weighted by molar-refractivity contribution is 0.213. The minimum atomic E-state index is 0.686. The molecule has 2 aromatic heterocycles. The van der Waals surface area contributed by atoms with E-state index in [1.807, 2.05) is 61.5 Å². The number of hydrogen-bond acceptors (Lipinski definition) is 4. The van der Waals surface area contributed by atoms with Crippen LogP contribution in [0, 0.1) is 0 Å². The van der Waals surface area contributed by atoms with Crippen molar-refractivity contribution in [1.29, 1.82) is 0 Å². The first-order chi connectivity index (χ1) is 14.6. The fraction of sp³-hybridized carbons (Fsp3) is 0.0833. The average Bonchev–Trinajstić information content (AvgIpc) is 3.15. The van der Waals surface area contributed by atoms with Crippen LogP contribution in [0.5, 0.6) is 0 Å². The highest BCUT2D eigenvalue weighted by atomic mass is 35.5. The molecule has 0 spiro atoms. The van der Waals surface area contributed by atoms with Crippen LogP contribution in [-0.4, -0.2) is 22.8 Å². The van der Waals surface area contributed by atoms with E-state index in [-0.39, 0.29) is 0 Å². The van der Waals surface area contributed by atoms with E-state index in [1.54, 1.807) is 7.11 Å². The summed E-state index contributed by atoms with van der Waals surface area (Å²) in [6.07, 6.45) is 0. The summed E-state index contributed by atoms with van der Waals surface area (Å²) in [4.78, 5) is 13.4. The number of nitrogens with one attached hydrogen (secondary N) is 2. The molecule has 5 aromatic rings. The molecule has 0 saturated carbocycles. The Balaban J connectivity index is 1.73. The van der Waals surface area contributed by atoms with Gasteiger partial charge in [0.15, 0.2) is 0 Å². The second-order valence-corrected chi connectivity index (χ2v) is 7.54. The Labute approximate surface area is 178 Å². The number of aromatic amines is 1. The molecule has 0 aliphatic carbocycles. The van der Waals surface area contributed by atoms with Gasteiger partial charge in [-0.05, 0) is 43.3 Å². The standard InChI is InChI=1S/C24H19ClN4O/c1-14(29-30-2)15-6-5-7-17(12-15)26-24-22-18-8-3-4-9-20(18)27-23(22)19-13-16(25)10-11-21(19)28-24/h3-13,27H,1-2H3,(H,26,28)/b29-14+. The zero-order valence-electron chi connectivity index (χ0n) is 16.5. The zero-order valence-corrected chi connectivity index (χ0v) is 17.3. The maximum Gasteiger partial charge on any atom is 0.141 e. The first kappa shape index (κ1) is 18.5.